The van der Waals surface area contributed by atoms with E-state index in [1.54, 1.807) is 80.0 Å². The first-order valence-electron chi connectivity index (χ1n) is 16.1. The average molecular weight is 1130 g/mol. The molecular weight excluding hydrogens is 1100 g/mol. The van der Waals surface area contributed by atoms with E-state index in [1.807, 2.05) is 84.9 Å². The molecule has 0 fully saturated rings. The minimum atomic E-state index is -0.101. The molecule has 6 heterocycles. The zero-order chi connectivity index (χ0) is 38.4. The second-order valence-corrected chi connectivity index (χ2v) is 10.7. The van der Waals surface area contributed by atoms with Crippen molar-refractivity contribution in [3.63, 3.8) is 0 Å². The normalized spacial score (nSPS) is 9.27. The summed E-state index contributed by atoms with van der Waals surface area (Å²) in [5, 5.41) is 18.9. The van der Waals surface area contributed by atoms with E-state index in [9.17, 15) is 14.7 Å². The molecule has 1 N–H and O–H groups in total. The molecule has 0 unspecified atom stereocenters. The molecule has 6 aromatic heterocycles. The Labute approximate surface area is 375 Å². The summed E-state index contributed by atoms with van der Waals surface area (Å²) in [4.78, 5) is 49.2. The zero-order valence-electron chi connectivity index (χ0n) is 29.7. The van der Waals surface area contributed by atoms with Crippen LogP contribution in [0, 0.1) is 0 Å². The second kappa shape index (κ2) is 26.9. The maximum atomic E-state index is 11.8. The minimum absolute atomic E-state index is 0. The fourth-order valence-corrected chi connectivity index (χ4v) is 4.44. The molecule has 2 aromatic carbocycles. The summed E-state index contributed by atoms with van der Waals surface area (Å²) >= 11 is 1.61. The van der Waals surface area contributed by atoms with Gasteiger partial charge >= 0.3 is 57.7 Å². The van der Waals surface area contributed by atoms with Gasteiger partial charge in [-0.25, -0.2) is 0 Å². The van der Waals surface area contributed by atoms with Crippen molar-refractivity contribution in [3.05, 3.63) is 203 Å². The molecule has 14 heteroatoms. The largest absolute Gasteiger partial charge is 1.00 e. The molecule has 0 aliphatic carbocycles. The summed E-state index contributed by atoms with van der Waals surface area (Å²) in [7, 11) is 4.61. The van der Waals surface area contributed by atoms with Crippen molar-refractivity contribution in [2.45, 2.75) is 0 Å². The van der Waals surface area contributed by atoms with E-state index in [0.717, 1.165) is 0 Å². The van der Waals surface area contributed by atoms with Crippen LogP contribution in [0.2, 0.25) is 0 Å². The molecule has 282 valence electrons. The number of pyridine rings is 6. The van der Waals surface area contributed by atoms with Crippen LogP contribution in [0.5, 0.6) is 11.5 Å². The summed E-state index contributed by atoms with van der Waals surface area (Å²) < 4.78 is 0. The van der Waals surface area contributed by atoms with Gasteiger partial charge in [-0.3, -0.25) is 29.5 Å². The monoisotopic (exact) mass is 1130 g/mol. The van der Waals surface area contributed by atoms with E-state index in [2.05, 4.69) is 39.3 Å². The number of halogens is 1. The van der Waals surface area contributed by atoms with Crippen molar-refractivity contribution in [2.24, 2.45) is 0 Å². The van der Waals surface area contributed by atoms with Gasteiger partial charge in [-0.05, 0) is 84.9 Å². The molecule has 0 atom stereocenters. The van der Waals surface area contributed by atoms with Crippen LogP contribution in [0.4, 0.5) is 0 Å². The Morgan fingerprint density at radius 1 is 0.464 bits per heavy atom. The third kappa shape index (κ3) is 16.5. The first-order chi connectivity index (χ1) is 26.4. The molecular formula is C42H31ClN6NaO4Pt2-. The third-order valence-electron chi connectivity index (χ3n) is 6.81. The molecule has 0 radical (unpaired) electrons. The Balaban J connectivity index is 0.000000273. The van der Waals surface area contributed by atoms with Crippen molar-refractivity contribution < 1.29 is 79.6 Å². The van der Waals surface area contributed by atoms with Gasteiger partial charge in [0.1, 0.15) is 5.75 Å². The number of para-hydroxylation sites is 2. The second-order valence-electron chi connectivity index (χ2n) is 10.7. The molecule has 8 rings (SSSR count). The summed E-state index contributed by atoms with van der Waals surface area (Å²) in [6.07, 6.45) is 6.70. The Morgan fingerprint density at radius 2 is 0.732 bits per heavy atom. The Kier molecular flexibility index (Phi) is 22.8. The van der Waals surface area contributed by atoms with Crippen LogP contribution < -0.4 is 55.5 Å². The van der Waals surface area contributed by atoms with Crippen LogP contribution >= 0.6 is 9.42 Å². The van der Waals surface area contributed by atoms with Crippen molar-refractivity contribution >= 4 is 9.42 Å². The van der Waals surface area contributed by atoms with Crippen LogP contribution in [0.15, 0.2) is 192 Å². The molecule has 56 heavy (non-hydrogen) atoms. The van der Waals surface area contributed by atoms with Crippen LogP contribution in [0.3, 0.4) is 0 Å². The molecule has 8 aromatic rings. The Hall–Kier alpha value is -4.79. The molecule has 0 spiro atoms. The predicted molar refractivity (Wildman–Crippen MR) is 205 cm³/mol. The van der Waals surface area contributed by atoms with Crippen molar-refractivity contribution in [1.82, 2.24) is 29.9 Å². The Bertz CT molecular complexity index is 2080. The van der Waals surface area contributed by atoms with Gasteiger partial charge < -0.3 is 20.2 Å². The molecule has 0 saturated heterocycles. The third-order valence-corrected chi connectivity index (χ3v) is 6.81. The number of hydrogen-bond donors (Lipinski definition) is 1. The number of phenols is 1. The first-order valence-corrected chi connectivity index (χ1v) is 18.9. The van der Waals surface area contributed by atoms with E-state index in [1.165, 1.54) is 36.4 Å². The standard InChI is InChI=1S/2C15H11N3O.2C6H6O.ClH.Na.2Pt/c2*19-11-9-14(12-5-1-3-7-16-12)18-15(10-11)13-6-2-4-8-17-13;2*7-6-4-2-1-3-5-6;;;;/h2*1-10H,(H,18,19);2*1-5,7H;1H;;;/q;;;;;+1;;+2/p-4. The van der Waals surface area contributed by atoms with Gasteiger partial charge in [0, 0.05) is 68.6 Å². The zero-order valence-corrected chi connectivity index (χ0v) is 37.0. The van der Waals surface area contributed by atoms with Gasteiger partial charge in [-0.1, -0.05) is 72.8 Å². The fourth-order valence-electron chi connectivity index (χ4n) is 4.44. The van der Waals surface area contributed by atoms with Gasteiger partial charge in [0.05, 0.1) is 0 Å². The number of hydrogen-bond acceptors (Lipinski definition) is 8. The molecule has 0 saturated carbocycles. The molecule has 10 nitrogen and oxygen atoms in total. The van der Waals surface area contributed by atoms with Crippen molar-refractivity contribution in [1.29, 1.82) is 0 Å². The summed E-state index contributed by atoms with van der Waals surface area (Å²) in [5.41, 5.74) is 4.77. The minimum Gasteiger partial charge on any atom is -0.872 e. The SMILES string of the molecule is O=c1cc(-c2ccccn2)[n-]c(-c2ccccn2)c1.O=c1cc(-c2ccccn2)[n-]c(-c2ccccn2)c1.Oc1ccccc1.[Cl][Pt+].[Na+].[O-]c1ccccc1.[Pt]. The van der Waals surface area contributed by atoms with Crippen LogP contribution in [0.1, 0.15) is 0 Å². The van der Waals surface area contributed by atoms with E-state index < -0.39 is 0 Å². The fraction of sp³-hybridized carbons (Fsp3) is 0. The summed E-state index contributed by atoms with van der Waals surface area (Å²) in [6, 6.07) is 45.0. The van der Waals surface area contributed by atoms with Gasteiger partial charge in [-0.15, -0.1) is 28.5 Å². The quantitative estimate of drug-likeness (QED) is 0.255. The molecule has 0 bridgehead atoms. The topological polar surface area (TPSA) is 157 Å². The maximum absolute atomic E-state index is 11.8. The van der Waals surface area contributed by atoms with E-state index in [4.69, 9.17) is 5.11 Å². The first kappa shape index (κ1) is 47.4. The van der Waals surface area contributed by atoms with Gasteiger partial charge in [0.15, 0.2) is 10.9 Å². The van der Waals surface area contributed by atoms with Crippen molar-refractivity contribution in [2.75, 3.05) is 0 Å². The van der Waals surface area contributed by atoms with Crippen molar-refractivity contribution in [3.8, 4) is 57.1 Å². The summed E-state index contributed by atoms with van der Waals surface area (Å²) in [5.74, 6) is 0.394. The molecule has 0 amide bonds. The average Bonchev–Trinajstić information content (AvgIpc) is 3.24. The number of rotatable bonds is 4. The number of benzene rings is 2. The van der Waals surface area contributed by atoms with Gasteiger partial charge in [0.25, 0.3) is 0 Å². The smallest absolute Gasteiger partial charge is 0.872 e. The van der Waals surface area contributed by atoms with Gasteiger partial charge in [0.2, 0.25) is 0 Å². The van der Waals surface area contributed by atoms with Gasteiger partial charge in [-0.2, -0.15) is 0 Å². The Morgan fingerprint density at radius 3 is 0.929 bits per heavy atom. The van der Waals surface area contributed by atoms with E-state index in [-0.39, 0.29) is 67.2 Å². The van der Waals surface area contributed by atoms with Crippen LogP contribution in [-0.4, -0.2) is 25.0 Å². The molecule has 0 aliphatic heterocycles. The van der Waals surface area contributed by atoms with E-state index >= 15 is 0 Å². The molecule has 0 aliphatic rings. The number of aromatic hydroxyl groups is 1. The van der Waals surface area contributed by atoms with Crippen LogP contribution in [0.25, 0.3) is 45.6 Å². The van der Waals surface area contributed by atoms with Crippen LogP contribution in [-0.2, 0) is 39.8 Å². The maximum Gasteiger partial charge on any atom is 1.00 e. The number of aromatic nitrogens is 6. The summed E-state index contributed by atoms with van der Waals surface area (Å²) in [6.45, 7) is 0. The predicted octanol–water partition coefficient (Wildman–Crippen LogP) is 4.10. The number of nitrogens with zero attached hydrogens (tertiary/aromatic N) is 6. The number of phenolic OH excluding ortho intramolecular Hbond substituents is 1. The van der Waals surface area contributed by atoms with E-state index in [0.29, 0.717) is 51.3 Å².